The van der Waals surface area contributed by atoms with E-state index in [4.69, 9.17) is 10.5 Å². The minimum absolute atomic E-state index is 0.122. The van der Waals surface area contributed by atoms with E-state index in [9.17, 15) is 4.79 Å². The highest BCUT2D eigenvalue weighted by Crippen LogP contribution is 2.20. The summed E-state index contributed by atoms with van der Waals surface area (Å²) < 4.78 is 7.14. The summed E-state index contributed by atoms with van der Waals surface area (Å²) in [6.07, 6.45) is 1.77. The summed E-state index contributed by atoms with van der Waals surface area (Å²) in [4.78, 5) is 16.5. The standard InChI is InChI=1S/C16H15N3O2/c1-11-6-7-15-18-12(8-16(20)19(15)9-11)10-21-14-5-3-2-4-13(14)17/h2-9H,10,17H2,1H3. The molecule has 0 saturated heterocycles. The lowest BCUT2D eigenvalue weighted by Gasteiger charge is -2.09. The first-order valence-corrected chi connectivity index (χ1v) is 6.60. The first-order valence-electron chi connectivity index (χ1n) is 6.60. The molecule has 5 nitrogen and oxygen atoms in total. The third-order valence-electron chi connectivity index (χ3n) is 3.16. The van der Waals surface area contributed by atoms with E-state index in [2.05, 4.69) is 4.98 Å². The van der Waals surface area contributed by atoms with Gasteiger partial charge < -0.3 is 10.5 Å². The van der Waals surface area contributed by atoms with Crippen molar-refractivity contribution < 1.29 is 4.74 Å². The van der Waals surface area contributed by atoms with Crippen molar-refractivity contribution in [1.82, 2.24) is 9.38 Å². The Labute approximate surface area is 121 Å². The fourth-order valence-electron chi connectivity index (χ4n) is 2.10. The van der Waals surface area contributed by atoms with Gasteiger partial charge in [0.2, 0.25) is 0 Å². The zero-order chi connectivity index (χ0) is 14.8. The second-order valence-corrected chi connectivity index (χ2v) is 4.85. The maximum atomic E-state index is 12.1. The quantitative estimate of drug-likeness (QED) is 0.747. The summed E-state index contributed by atoms with van der Waals surface area (Å²) in [5, 5.41) is 0. The predicted octanol–water partition coefficient (Wildman–Crippen LogP) is 2.16. The zero-order valence-electron chi connectivity index (χ0n) is 11.6. The van der Waals surface area contributed by atoms with Gasteiger partial charge in [0.1, 0.15) is 18.0 Å². The predicted molar refractivity (Wildman–Crippen MR) is 81.4 cm³/mol. The van der Waals surface area contributed by atoms with Crippen LogP contribution in [0.3, 0.4) is 0 Å². The zero-order valence-corrected chi connectivity index (χ0v) is 11.6. The maximum absolute atomic E-state index is 12.1. The van der Waals surface area contributed by atoms with E-state index < -0.39 is 0 Å². The summed E-state index contributed by atoms with van der Waals surface area (Å²) in [5.41, 5.74) is 8.44. The van der Waals surface area contributed by atoms with Gasteiger partial charge in [-0.1, -0.05) is 18.2 Å². The number of pyridine rings is 1. The second-order valence-electron chi connectivity index (χ2n) is 4.85. The molecule has 5 heteroatoms. The third-order valence-corrected chi connectivity index (χ3v) is 3.16. The topological polar surface area (TPSA) is 69.6 Å². The van der Waals surface area contributed by atoms with Crippen molar-refractivity contribution in [2.24, 2.45) is 0 Å². The second kappa shape index (κ2) is 5.28. The average molecular weight is 281 g/mol. The molecule has 0 aliphatic rings. The number of aryl methyl sites for hydroxylation is 1. The molecule has 2 aromatic heterocycles. The number of nitrogens with two attached hydrogens (primary N) is 1. The van der Waals surface area contributed by atoms with E-state index in [1.54, 1.807) is 18.3 Å². The van der Waals surface area contributed by atoms with Crippen molar-refractivity contribution in [2.45, 2.75) is 13.5 Å². The number of hydrogen-bond acceptors (Lipinski definition) is 4. The number of fused-ring (bicyclic) bond motifs is 1. The SMILES string of the molecule is Cc1ccc2nc(COc3ccccc3N)cc(=O)n2c1. The minimum atomic E-state index is -0.122. The van der Waals surface area contributed by atoms with Crippen molar-refractivity contribution >= 4 is 11.3 Å². The smallest absolute Gasteiger partial charge is 0.258 e. The molecule has 21 heavy (non-hydrogen) atoms. The van der Waals surface area contributed by atoms with E-state index in [0.717, 1.165) is 5.56 Å². The van der Waals surface area contributed by atoms with Gasteiger partial charge in [-0.25, -0.2) is 4.98 Å². The molecule has 0 unspecified atom stereocenters. The Morgan fingerprint density at radius 2 is 2.05 bits per heavy atom. The molecule has 0 aliphatic heterocycles. The lowest BCUT2D eigenvalue weighted by Crippen LogP contribution is -2.16. The van der Waals surface area contributed by atoms with Crippen molar-refractivity contribution in [3.63, 3.8) is 0 Å². The van der Waals surface area contributed by atoms with Crippen LogP contribution in [0, 0.1) is 6.92 Å². The Morgan fingerprint density at radius 1 is 1.24 bits per heavy atom. The first kappa shape index (κ1) is 13.2. The van der Waals surface area contributed by atoms with Crippen molar-refractivity contribution in [1.29, 1.82) is 0 Å². The number of nitrogens with zero attached hydrogens (tertiary/aromatic N) is 2. The summed E-state index contributed by atoms with van der Waals surface area (Å²) in [5.74, 6) is 0.586. The van der Waals surface area contributed by atoms with Crippen LogP contribution in [0.1, 0.15) is 11.3 Å². The highest BCUT2D eigenvalue weighted by Gasteiger charge is 2.05. The number of rotatable bonds is 3. The Balaban J connectivity index is 1.90. The number of para-hydroxylation sites is 2. The van der Waals surface area contributed by atoms with Gasteiger partial charge in [0.05, 0.1) is 11.4 Å². The van der Waals surface area contributed by atoms with Gasteiger partial charge in [-0.15, -0.1) is 0 Å². The maximum Gasteiger partial charge on any atom is 0.258 e. The van der Waals surface area contributed by atoms with Gasteiger partial charge >= 0.3 is 0 Å². The molecule has 0 radical (unpaired) electrons. The molecule has 0 saturated carbocycles. The normalized spacial score (nSPS) is 10.7. The monoisotopic (exact) mass is 281 g/mol. The molecule has 1 aromatic carbocycles. The van der Waals surface area contributed by atoms with E-state index >= 15 is 0 Å². The Kier molecular flexibility index (Phi) is 3.31. The van der Waals surface area contributed by atoms with Crippen LogP contribution < -0.4 is 16.0 Å². The van der Waals surface area contributed by atoms with Crippen LogP contribution in [0.15, 0.2) is 53.5 Å². The molecule has 0 amide bonds. The van der Waals surface area contributed by atoms with Gasteiger partial charge in [-0.2, -0.15) is 0 Å². The Hall–Kier alpha value is -2.82. The third kappa shape index (κ3) is 2.72. The molecule has 3 aromatic rings. The molecular weight excluding hydrogens is 266 g/mol. The number of nitrogen functional groups attached to an aromatic ring is 1. The van der Waals surface area contributed by atoms with Crippen LogP contribution in [0.2, 0.25) is 0 Å². The lowest BCUT2D eigenvalue weighted by atomic mass is 10.3. The lowest BCUT2D eigenvalue weighted by molar-refractivity contribution is 0.303. The molecule has 0 fully saturated rings. The number of aromatic nitrogens is 2. The first-order chi connectivity index (χ1) is 10.1. The van der Waals surface area contributed by atoms with Gasteiger partial charge in [0.25, 0.3) is 5.56 Å². The van der Waals surface area contributed by atoms with E-state index in [-0.39, 0.29) is 12.2 Å². The van der Waals surface area contributed by atoms with Gasteiger partial charge in [0, 0.05) is 12.3 Å². The molecular formula is C16H15N3O2. The molecule has 0 atom stereocenters. The minimum Gasteiger partial charge on any atom is -0.485 e. The Bertz CT molecular complexity index is 856. The summed E-state index contributed by atoms with van der Waals surface area (Å²) in [6.45, 7) is 2.13. The summed E-state index contributed by atoms with van der Waals surface area (Å²) in [7, 11) is 0. The van der Waals surface area contributed by atoms with E-state index in [0.29, 0.717) is 22.8 Å². The summed E-state index contributed by atoms with van der Waals surface area (Å²) >= 11 is 0. The molecule has 106 valence electrons. The van der Waals surface area contributed by atoms with Crippen molar-refractivity contribution in [3.05, 3.63) is 70.3 Å². The van der Waals surface area contributed by atoms with Crippen LogP contribution in [0.5, 0.6) is 5.75 Å². The number of benzene rings is 1. The molecule has 3 rings (SSSR count). The fraction of sp³-hybridized carbons (Fsp3) is 0.125. The van der Waals surface area contributed by atoms with Crippen LogP contribution >= 0.6 is 0 Å². The average Bonchev–Trinajstić information content (AvgIpc) is 2.47. The molecule has 2 N–H and O–H groups in total. The van der Waals surface area contributed by atoms with E-state index in [1.807, 2.05) is 31.2 Å². The molecule has 0 bridgehead atoms. The molecule has 2 heterocycles. The highest BCUT2D eigenvalue weighted by molar-refractivity contribution is 5.51. The summed E-state index contributed by atoms with van der Waals surface area (Å²) in [6, 6.07) is 12.4. The van der Waals surface area contributed by atoms with Gasteiger partial charge in [-0.3, -0.25) is 9.20 Å². The van der Waals surface area contributed by atoms with Crippen LogP contribution in [0.25, 0.3) is 5.65 Å². The van der Waals surface area contributed by atoms with Crippen molar-refractivity contribution in [3.8, 4) is 5.75 Å². The molecule has 0 aliphatic carbocycles. The Morgan fingerprint density at radius 3 is 2.86 bits per heavy atom. The van der Waals surface area contributed by atoms with Crippen molar-refractivity contribution in [2.75, 3.05) is 5.73 Å². The number of anilines is 1. The number of hydrogen-bond donors (Lipinski definition) is 1. The van der Waals surface area contributed by atoms with Crippen LogP contribution in [0.4, 0.5) is 5.69 Å². The van der Waals surface area contributed by atoms with E-state index in [1.165, 1.54) is 10.5 Å². The molecule has 0 spiro atoms. The fourth-order valence-corrected chi connectivity index (χ4v) is 2.10. The number of ether oxygens (including phenoxy) is 1. The highest BCUT2D eigenvalue weighted by atomic mass is 16.5. The van der Waals surface area contributed by atoms with Crippen LogP contribution in [-0.4, -0.2) is 9.38 Å². The van der Waals surface area contributed by atoms with Gasteiger partial charge in [0.15, 0.2) is 0 Å². The van der Waals surface area contributed by atoms with Crippen LogP contribution in [-0.2, 0) is 6.61 Å². The largest absolute Gasteiger partial charge is 0.485 e. The van der Waals surface area contributed by atoms with Gasteiger partial charge in [-0.05, 0) is 30.7 Å².